The second kappa shape index (κ2) is 4.66. The average molecular weight is 276 g/mol. The van der Waals surface area contributed by atoms with Gasteiger partial charge in [-0.15, -0.1) is 5.10 Å². The van der Waals surface area contributed by atoms with Crippen LogP contribution in [0.25, 0.3) is 5.65 Å². The van der Waals surface area contributed by atoms with E-state index in [1.165, 1.54) is 0 Å². The Morgan fingerprint density at radius 2 is 2.00 bits per heavy atom. The Kier molecular flexibility index (Phi) is 3.08. The third kappa shape index (κ3) is 2.58. The normalized spacial score (nSPS) is 20.9. The predicted molar refractivity (Wildman–Crippen MR) is 74.3 cm³/mol. The van der Waals surface area contributed by atoms with Crippen molar-refractivity contribution in [1.82, 2.24) is 25.0 Å². The second-order valence-electron chi connectivity index (χ2n) is 6.48. The minimum Gasteiger partial charge on any atom is -0.388 e. The van der Waals surface area contributed by atoms with Crippen molar-refractivity contribution in [1.29, 1.82) is 0 Å². The summed E-state index contributed by atoms with van der Waals surface area (Å²) >= 11 is 0. The molecule has 7 heteroatoms. The van der Waals surface area contributed by atoms with Crippen LogP contribution < -0.4 is 5.32 Å². The van der Waals surface area contributed by atoms with Gasteiger partial charge < -0.3 is 10.4 Å². The van der Waals surface area contributed by atoms with Crippen LogP contribution in [0, 0.1) is 5.41 Å². The number of aliphatic hydroxyl groups is 1. The number of hydrogen-bond acceptors (Lipinski definition) is 6. The molecule has 0 bridgehead atoms. The number of fused-ring (bicyclic) bond motifs is 1. The van der Waals surface area contributed by atoms with Crippen LogP contribution in [-0.2, 0) is 0 Å². The van der Waals surface area contributed by atoms with Gasteiger partial charge in [-0.25, -0.2) is 0 Å². The summed E-state index contributed by atoms with van der Waals surface area (Å²) in [4.78, 5) is 4.09. The molecule has 0 unspecified atom stereocenters. The van der Waals surface area contributed by atoms with Gasteiger partial charge in [-0.05, 0) is 41.5 Å². The van der Waals surface area contributed by atoms with E-state index in [1.807, 2.05) is 0 Å². The summed E-state index contributed by atoms with van der Waals surface area (Å²) in [5.41, 5.74) is 0.266. The lowest BCUT2D eigenvalue weighted by atomic mass is 9.71. The first-order valence-electron chi connectivity index (χ1n) is 6.96. The van der Waals surface area contributed by atoms with Crippen LogP contribution >= 0.6 is 0 Å². The van der Waals surface area contributed by atoms with E-state index < -0.39 is 5.60 Å². The molecule has 2 N–H and O–H groups in total. The molecular formula is C13H20N6O. The highest BCUT2D eigenvalue weighted by Gasteiger charge is 2.36. The SMILES string of the molecule is CC1(C)CCC(O)(CNc2cncc3nnnn23)CC1. The molecule has 0 aliphatic heterocycles. The number of nitrogens with one attached hydrogen (secondary N) is 1. The molecule has 3 rings (SSSR count). The molecule has 1 aliphatic rings. The lowest BCUT2D eigenvalue weighted by molar-refractivity contribution is -0.0146. The van der Waals surface area contributed by atoms with Crippen molar-refractivity contribution in [3.63, 3.8) is 0 Å². The molecule has 2 aromatic heterocycles. The van der Waals surface area contributed by atoms with Crippen molar-refractivity contribution in [3.05, 3.63) is 12.4 Å². The third-order valence-corrected chi connectivity index (χ3v) is 4.24. The quantitative estimate of drug-likeness (QED) is 0.877. The summed E-state index contributed by atoms with van der Waals surface area (Å²) in [5, 5.41) is 25.2. The zero-order chi connectivity index (χ0) is 14.2. The maximum absolute atomic E-state index is 10.6. The fourth-order valence-electron chi connectivity index (χ4n) is 2.62. The Labute approximate surface area is 117 Å². The van der Waals surface area contributed by atoms with Crippen molar-refractivity contribution >= 4 is 11.5 Å². The molecule has 1 aliphatic carbocycles. The smallest absolute Gasteiger partial charge is 0.199 e. The summed E-state index contributed by atoms with van der Waals surface area (Å²) in [5.74, 6) is 0.700. The molecule has 1 fully saturated rings. The van der Waals surface area contributed by atoms with Gasteiger partial charge in [0.2, 0.25) is 0 Å². The molecule has 0 radical (unpaired) electrons. The van der Waals surface area contributed by atoms with Crippen molar-refractivity contribution in [3.8, 4) is 0 Å². The van der Waals surface area contributed by atoms with Gasteiger partial charge in [-0.1, -0.05) is 13.8 Å². The fourth-order valence-corrected chi connectivity index (χ4v) is 2.62. The first-order chi connectivity index (χ1) is 9.48. The van der Waals surface area contributed by atoms with E-state index in [9.17, 15) is 5.11 Å². The Hall–Kier alpha value is -1.76. The molecule has 0 atom stereocenters. The molecular weight excluding hydrogens is 256 g/mol. The first-order valence-corrected chi connectivity index (χ1v) is 6.96. The van der Waals surface area contributed by atoms with Crippen LogP contribution in [0.2, 0.25) is 0 Å². The van der Waals surface area contributed by atoms with Gasteiger partial charge in [-0.2, -0.15) is 4.52 Å². The molecule has 0 amide bonds. The number of anilines is 1. The molecule has 1 saturated carbocycles. The van der Waals surface area contributed by atoms with E-state index in [2.05, 4.69) is 39.7 Å². The fraction of sp³-hybridized carbons (Fsp3) is 0.692. The molecule has 0 saturated heterocycles. The van der Waals surface area contributed by atoms with E-state index in [0.717, 1.165) is 25.7 Å². The number of aromatic nitrogens is 5. The Morgan fingerprint density at radius 1 is 1.25 bits per heavy atom. The van der Waals surface area contributed by atoms with E-state index in [1.54, 1.807) is 16.9 Å². The number of rotatable bonds is 3. The van der Waals surface area contributed by atoms with Gasteiger partial charge in [0.1, 0.15) is 0 Å². The molecule has 2 heterocycles. The molecule has 2 aromatic rings. The highest BCUT2D eigenvalue weighted by Crippen LogP contribution is 2.40. The largest absolute Gasteiger partial charge is 0.388 e. The van der Waals surface area contributed by atoms with Crippen LogP contribution in [0.5, 0.6) is 0 Å². The number of hydrogen-bond donors (Lipinski definition) is 2. The maximum Gasteiger partial charge on any atom is 0.199 e. The zero-order valence-corrected chi connectivity index (χ0v) is 11.9. The maximum atomic E-state index is 10.6. The van der Waals surface area contributed by atoms with Crippen LogP contribution in [0.1, 0.15) is 39.5 Å². The van der Waals surface area contributed by atoms with Gasteiger partial charge in [0.05, 0.1) is 18.0 Å². The van der Waals surface area contributed by atoms with Gasteiger partial charge in [0, 0.05) is 6.54 Å². The molecule has 20 heavy (non-hydrogen) atoms. The monoisotopic (exact) mass is 276 g/mol. The lowest BCUT2D eigenvalue weighted by Crippen LogP contribution is -2.42. The van der Waals surface area contributed by atoms with E-state index in [0.29, 0.717) is 23.4 Å². The van der Waals surface area contributed by atoms with E-state index in [4.69, 9.17) is 0 Å². The average Bonchev–Trinajstić information content (AvgIpc) is 2.89. The van der Waals surface area contributed by atoms with Crippen LogP contribution in [-0.4, -0.2) is 42.3 Å². The minimum atomic E-state index is -0.661. The first kappa shape index (κ1) is 13.2. The standard InChI is InChI=1S/C13H20N6O/c1-12(2)3-5-13(20,6-4-12)9-15-10-7-14-8-11-16-17-18-19(10)11/h7-8,15,20H,3-6,9H2,1-2H3. The minimum absolute atomic E-state index is 0.337. The highest BCUT2D eigenvalue weighted by atomic mass is 16.3. The van der Waals surface area contributed by atoms with Gasteiger partial charge in [0.15, 0.2) is 11.5 Å². The van der Waals surface area contributed by atoms with E-state index >= 15 is 0 Å². The van der Waals surface area contributed by atoms with Crippen molar-refractivity contribution in [2.75, 3.05) is 11.9 Å². The second-order valence-corrected chi connectivity index (χ2v) is 6.48. The van der Waals surface area contributed by atoms with Crippen LogP contribution in [0.3, 0.4) is 0 Å². The Bertz CT molecular complexity index is 598. The highest BCUT2D eigenvalue weighted by molar-refractivity contribution is 5.43. The number of tetrazole rings is 1. The van der Waals surface area contributed by atoms with E-state index in [-0.39, 0.29) is 0 Å². The third-order valence-electron chi connectivity index (χ3n) is 4.24. The molecule has 0 aromatic carbocycles. The van der Waals surface area contributed by atoms with Gasteiger partial charge in [-0.3, -0.25) is 4.98 Å². The summed E-state index contributed by atoms with van der Waals surface area (Å²) in [6.45, 7) is 5.00. The Morgan fingerprint density at radius 3 is 2.75 bits per heavy atom. The molecule has 0 spiro atoms. The predicted octanol–water partition coefficient (Wildman–Crippen LogP) is 1.26. The zero-order valence-electron chi connectivity index (χ0n) is 11.9. The summed E-state index contributed by atoms with van der Waals surface area (Å²) in [7, 11) is 0. The van der Waals surface area contributed by atoms with Crippen molar-refractivity contribution in [2.45, 2.75) is 45.1 Å². The van der Waals surface area contributed by atoms with Crippen molar-refractivity contribution in [2.24, 2.45) is 5.41 Å². The molecule has 108 valence electrons. The van der Waals surface area contributed by atoms with Gasteiger partial charge >= 0.3 is 0 Å². The van der Waals surface area contributed by atoms with Crippen LogP contribution in [0.15, 0.2) is 12.4 Å². The lowest BCUT2D eigenvalue weighted by Gasteiger charge is -2.40. The van der Waals surface area contributed by atoms with Crippen molar-refractivity contribution < 1.29 is 5.11 Å². The summed E-state index contributed by atoms with van der Waals surface area (Å²) in [6.07, 6.45) is 6.97. The summed E-state index contributed by atoms with van der Waals surface area (Å²) in [6, 6.07) is 0. The Balaban J connectivity index is 1.69. The summed E-state index contributed by atoms with van der Waals surface area (Å²) < 4.78 is 1.59. The topological polar surface area (TPSA) is 88.2 Å². The van der Waals surface area contributed by atoms with Crippen LogP contribution in [0.4, 0.5) is 5.82 Å². The molecule has 7 nitrogen and oxygen atoms in total. The number of nitrogens with zero attached hydrogens (tertiary/aromatic N) is 5. The van der Waals surface area contributed by atoms with Gasteiger partial charge in [0.25, 0.3) is 0 Å².